The number of piperidine rings is 3. The number of carbonyl (C=O) groups is 1. The Labute approximate surface area is 171 Å². The lowest BCUT2D eigenvalue weighted by molar-refractivity contribution is -0.00355. The molecule has 4 heteroatoms. The van der Waals surface area contributed by atoms with Crippen LogP contribution in [0.1, 0.15) is 40.4 Å². The number of para-hydroxylation sites is 1. The Hall–Kier alpha value is -2.59. The number of aryl methyl sites for hydroxylation is 1. The van der Waals surface area contributed by atoms with E-state index in [0.29, 0.717) is 23.9 Å². The predicted molar refractivity (Wildman–Crippen MR) is 115 cm³/mol. The molecule has 2 bridgehead atoms. The minimum absolute atomic E-state index is 0.166. The molecule has 3 atom stereocenters. The number of nitrogens with one attached hydrogen (secondary N) is 1. The van der Waals surface area contributed by atoms with Crippen LogP contribution in [-0.4, -0.2) is 52.4 Å². The number of likely N-dealkylation sites (tertiary alicyclic amines) is 1. The average molecular weight is 386 g/mol. The lowest BCUT2D eigenvalue weighted by Crippen LogP contribution is -2.60. The molecule has 4 aliphatic heterocycles. The zero-order valence-electron chi connectivity index (χ0n) is 16.8. The SMILES string of the molecule is Cc1ccc([C@@H]2CN(C(=O)c3cc4ccccc4[nH]3)[C@@H]3C4CCN(CC4)[C@@H]32)cc1. The quantitative estimate of drug-likeness (QED) is 0.719. The Bertz CT molecular complexity index is 1030. The third-order valence-electron chi connectivity index (χ3n) is 7.52. The fraction of sp³-hybridized carbons (Fsp3) is 0.400. The number of hydrogen-bond donors (Lipinski definition) is 1. The summed E-state index contributed by atoms with van der Waals surface area (Å²) < 4.78 is 0. The molecule has 1 aromatic heterocycles. The van der Waals surface area contributed by atoms with Gasteiger partial charge in [-0.15, -0.1) is 0 Å². The topological polar surface area (TPSA) is 39.3 Å². The van der Waals surface area contributed by atoms with Gasteiger partial charge in [0.05, 0.1) is 6.04 Å². The normalized spacial score (nSPS) is 30.7. The molecular weight excluding hydrogens is 358 g/mol. The number of rotatable bonds is 2. The van der Waals surface area contributed by atoms with E-state index in [0.717, 1.165) is 23.1 Å². The molecule has 2 aromatic carbocycles. The highest BCUT2D eigenvalue weighted by atomic mass is 16.2. The predicted octanol–water partition coefficient (Wildman–Crippen LogP) is 4.18. The fourth-order valence-electron chi connectivity index (χ4n) is 6.10. The summed E-state index contributed by atoms with van der Waals surface area (Å²) in [5, 5.41) is 1.11. The number of H-pyrrole nitrogens is 1. The molecule has 1 amide bonds. The first-order valence-corrected chi connectivity index (χ1v) is 10.9. The summed E-state index contributed by atoms with van der Waals surface area (Å²) >= 11 is 0. The highest BCUT2D eigenvalue weighted by Crippen LogP contribution is 2.47. The second kappa shape index (κ2) is 6.46. The minimum atomic E-state index is 0.166. The van der Waals surface area contributed by atoms with Crippen LogP contribution in [0.4, 0.5) is 0 Å². The van der Waals surface area contributed by atoms with Gasteiger partial charge in [0, 0.05) is 29.4 Å². The molecule has 0 saturated carbocycles. The number of fused-ring (bicyclic) bond motifs is 3. The average Bonchev–Trinajstić information content (AvgIpc) is 3.38. The van der Waals surface area contributed by atoms with Gasteiger partial charge in [-0.25, -0.2) is 0 Å². The van der Waals surface area contributed by atoms with Gasteiger partial charge in [0.2, 0.25) is 0 Å². The van der Waals surface area contributed by atoms with Crippen molar-refractivity contribution in [2.24, 2.45) is 5.92 Å². The number of carbonyl (C=O) groups excluding carboxylic acids is 1. The third-order valence-corrected chi connectivity index (χ3v) is 7.52. The number of amides is 1. The molecule has 0 aliphatic carbocycles. The largest absolute Gasteiger partial charge is 0.351 e. The third kappa shape index (κ3) is 2.66. The minimum Gasteiger partial charge on any atom is -0.351 e. The maximum atomic E-state index is 13.7. The summed E-state index contributed by atoms with van der Waals surface area (Å²) in [5.41, 5.74) is 4.44. The van der Waals surface area contributed by atoms with Crippen molar-refractivity contribution in [2.75, 3.05) is 19.6 Å². The van der Waals surface area contributed by atoms with E-state index >= 15 is 0 Å². The first kappa shape index (κ1) is 17.3. The summed E-state index contributed by atoms with van der Waals surface area (Å²) in [6.07, 6.45) is 2.44. The smallest absolute Gasteiger partial charge is 0.270 e. The number of benzene rings is 2. The summed E-state index contributed by atoms with van der Waals surface area (Å²) in [6, 6.07) is 19.9. The van der Waals surface area contributed by atoms with Gasteiger partial charge in [-0.05, 0) is 56.5 Å². The first-order chi connectivity index (χ1) is 14.2. The van der Waals surface area contributed by atoms with Crippen LogP contribution < -0.4 is 0 Å². The van der Waals surface area contributed by atoms with Crippen molar-refractivity contribution in [3.63, 3.8) is 0 Å². The van der Waals surface area contributed by atoms with Crippen LogP contribution in [0.2, 0.25) is 0 Å². The zero-order valence-corrected chi connectivity index (χ0v) is 16.8. The van der Waals surface area contributed by atoms with E-state index < -0.39 is 0 Å². The molecule has 4 fully saturated rings. The lowest BCUT2D eigenvalue weighted by atomic mass is 9.75. The molecule has 0 spiro atoms. The molecule has 0 radical (unpaired) electrons. The first-order valence-electron chi connectivity index (χ1n) is 10.9. The fourth-order valence-corrected chi connectivity index (χ4v) is 6.10. The highest BCUT2D eigenvalue weighted by molar-refractivity contribution is 5.98. The zero-order chi connectivity index (χ0) is 19.5. The van der Waals surface area contributed by atoms with Gasteiger partial charge in [-0.1, -0.05) is 48.0 Å². The molecule has 3 aromatic rings. The van der Waals surface area contributed by atoms with Crippen molar-refractivity contribution in [1.29, 1.82) is 0 Å². The number of aromatic amines is 1. The van der Waals surface area contributed by atoms with Crippen molar-refractivity contribution >= 4 is 16.8 Å². The molecule has 4 nitrogen and oxygen atoms in total. The second-order valence-electron chi connectivity index (χ2n) is 9.10. The summed E-state index contributed by atoms with van der Waals surface area (Å²) in [6.45, 7) is 5.32. The molecule has 7 rings (SSSR count). The van der Waals surface area contributed by atoms with E-state index in [1.165, 1.54) is 37.1 Å². The van der Waals surface area contributed by atoms with Gasteiger partial charge >= 0.3 is 0 Å². The van der Waals surface area contributed by atoms with Crippen LogP contribution >= 0.6 is 0 Å². The van der Waals surface area contributed by atoms with E-state index in [1.807, 2.05) is 24.3 Å². The van der Waals surface area contributed by atoms with E-state index in [-0.39, 0.29) is 5.91 Å². The van der Waals surface area contributed by atoms with Crippen molar-refractivity contribution in [3.8, 4) is 0 Å². The van der Waals surface area contributed by atoms with Gasteiger partial charge in [0.15, 0.2) is 0 Å². The van der Waals surface area contributed by atoms with E-state index in [2.05, 4.69) is 52.0 Å². The van der Waals surface area contributed by atoms with E-state index in [4.69, 9.17) is 0 Å². The van der Waals surface area contributed by atoms with Crippen LogP contribution in [0, 0.1) is 12.8 Å². The van der Waals surface area contributed by atoms with E-state index in [9.17, 15) is 4.79 Å². The number of aromatic nitrogens is 1. The van der Waals surface area contributed by atoms with Gasteiger partial charge < -0.3 is 9.88 Å². The molecule has 4 saturated heterocycles. The van der Waals surface area contributed by atoms with E-state index in [1.54, 1.807) is 0 Å². The Morgan fingerprint density at radius 3 is 2.52 bits per heavy atom. The Morgan fingerprint density at radius 1 is 1.00 bits per heavy atom. The number of hydrogen-bond acceptors (Lipinski definition) is 2. The summed E-state index contributed by atoms with van der Waals surface area (Å²) in [7, 11) is 0. The second-order valence-corrected chi connectivity index (χ2v) is 9.10. The summed E-state index contributed by atoms with van der Waals surface area (Å²) in [4.78, 5) is 21.9. The lowest BCUT2D eigenvalue weighted by Gasteiger charge is -2.51. The molecule has 0 unspecified atom stereocenters. The van der Waals surface area contributed by atoms with Crippen LogP contribution in [0.3, 0.4) is 0 Å². The van der Waals surface area contributed by atoms with Crippen molar-refractivity contribution in [1.82, 2.24) is 14.8 Å². The monoisotopic (exact) mass is 385 g/mol. The van der Waals surface area contributed by atoms with Crippen molar-refractivity contribution in [2.45, 2.75) is 37.8 Å². The van der Waals surface area contributed by atoms with Crippen LogP contribution in [-0.2, 0) is 0 Å². The number of nitrogens with zero attached hydrogens (tertiary/aromatic N) is 2. The molecule has 29 heavy (non-hydrogen) atoms. The Morgan fingerprint density at radius 2 is 1.76 bits per heavy atom. The van der Waals surface area contributed by atoms with Crippen LogP contribution in [0.15, 0.2) is 54.6 Å². The molecule has 148 valence electrons. The Balaban J connectivity index is 1.39. The van der Waals surface area contributed by atoms with Crippen molar-refractivity contribution < 1.29 is 4.79 Å². The van der Waals surface area contributed by atoms with Gasteiger partial charge in [-0.2, -0.15) is 0 Å². The van der Waals surface area contributed by atoms with Crippen LogP contribution in [0.25, 0.3) is 10.9 Å². The van der Waals surface area contributed by atoms with Gasteiger partial charge in [0.25, 0.3) is 5.91 Å². The Kier molecular flexibility index (Phi) is 3.85. The van der Waals surface area contributed by atoms with Crippen molar-refractivity contribution in [3.05, 3.63) is 71.4 Å². The van der Waals surface area contributed by atoms with Gasteiger partial charge in [0.1, 0.15) is 5.69 Å². The highest BCUT2D eigenvalue weighted by Gasteiger charge is 2.54. The standard InChI is InChI=1S/C25H27N3O/c1-16-6-8-17(9-7-16)20-15-28(23-18-10-12-27(13-11-18)24(20)23)25(29)22-14-19-4-2-3-5-21(19)26-22/h2-9,14,18,20,23-24,26H,10-13,15H2,1H3/t20-,23+,24+/m0/s1. The maximum absolute atomic E-state index is 13.7. The molecule has 1 N–H and O–H groups in total. The van der Waals surface area contributed by atoms with Gasteiger partial charge in [-0.3, -0.25) is 9.69 Å². The molecule has 5 heterocycles. The molecule has 4 aliphatic rings. The van der Waals surface area contributed by atoms with Crippen LogP contribution in [0.5, 0.6) is 0 Å². The maximum Gasteiger partial charge on any atom is 0.270 e. The summed E-state index contributed by atoms with van der Waals surface area (Å²) in [5.74, 6) is 1.20. The molecular formula is C25H27N3O.